The molecule has 0 saturated carbocycles. The largest absolute Gasteiger partial charge is 0.416 e. The smallest absolute Gasteiger partial charge is 0.248 e. The minimum Gasteiger partial charge on any atom is -0.416 e. The predicted octanol–water partition coefficient (Wildman–Crippen LogP) is 10.7. The first-order chi connectivity index (χ1) is 21.7. The van der Waals surface area contributed by atoms with Crippen molar-refractivity contribution in [1.82, 2.24) is 10.2 Å². The Morgan fingerprint density at radius 2 is 0.773 bits per heavy atom. The maximum atomic E-state index is 6.05. The van der Waals surface area contributed by atoms with Crippen LogP contribution in [0.15, 0.2) is 168 Å². The second kappa shape index (κ2) is 12.1. The van der Waals surface area contributed by atoms with Crippen LogP contribution in [0.4, 0.5) is 34.1 Å². The van der Waals surface area contributed by atoms with Gasteiger partial charge in [0.25, 0.3) is 0 Å². The van der Waals surface area contributed by atoms with E-state index >= 15 is 0 Å². The standard InChI is InChI=1S/C39H30N4O/c1-29-12-11-13-31(28-29)39-41-40-38(44-39)30-20-22-35(23-21-30)43(34-18-9-4-10-19-34)37-26-24-36(25-27-37)42(32-14-5-2-6-15-32)33-16-7-3-8-17-33/h2-28H,1H3. The molecule has 0 aliphatic carbocycles. The van der Waals surface area contributed by atoms with Crippen LogP contribution < -0.4 is 9.80 Å². The second-order valence-electron chi connectivity index (χ2n) is 10.5. The van der Waals surface area contributed by atoms with Gasteiger partial charge in [-0.25, -0.2) is 0 Å². The molecule has 6 aromatic carbocycles. The summed E-state index contributed by atoms with van der Waals surface area (Å²) in [6, 6.07) is 56.3. The minimum atomic E-state index is 0.491. The Balaban J connectivity index is 1.22. The Labute approximate surface area is 257 Å². The Hall–Kier alpha value is -5.94. The van der Waals surface area contributed by atoms with Crippen LogP contribution in [0.1, 0.15) is 5.56 Å². The van der Waals surface area contributed by atoms with E-state index in [9.17, 15) is 0 Å². The molecule has 0 aliphatic rings. The molecule has 44 heavy (non-hydrogen) atoms. The van der Waals surface area contributed by atoms with Gasteiger partial charge in [0.1, 0.15) is 0 Å². The number of benzene rings is 6. The molecular formula is C39H30N4O. The number of hydrogen-bond acceptors (Lipinski definition) is 5. The van der Waals surface area contributed by atoms with Gasteiger partial charge in [-0.3, -0.25) is 0 Å². The van der Waals surface area contributed by atoms with E-state index in [0.29, 0.717) is 11.8 Å². The van der Waals surface area contributed by atoms with Gasteiger partial charge in [-0.05, 0) is 104 Å². The molecule has 1 aromatic heterocycles. The van der Waals surface area contributed by atoms with Crippen molar-refractivity contribution in [2.24, 2.45) is 0 Å². The van der Waals surface area contributed by atoms with Gasteiger partial charge < -0.3 is 14.2 Å². The summed E-state index contributed by atoms with van der Waals surface area (Å²) in [5, 5.41) is 8.62. The van der Waals surface area contributed by atoms with E-state index in [2.05, 4.69) is 129 Å². The molecule has 0 fully saturated rings. The number of aromatic nitrogens is 2. The first-order valence-electron chi connectivity index (χ1n) is 14.6. The molecule has 0 unspecified atom stereocenters. The zero-order valence-corrected chi connectivity index (χ0v) is 24.3. The van der Waals surface area contributed by atoms with E-state index < -0.39 is 0 Å². The third-order valence-electron chi connectivity index (χ3n) is 7.47. The highest BCUT2D eigenvalue weighted by Crippen LogP contribution is 2.39. The topological polar surface area (TPSA) is 45.4 Å². The van der Waals surface area contributed by atoms with Crippen LogP contribution in [0.5, 0.6) is 0 Å². The summed E-state index contributed by atoms with van der Waals surface area (Å²) in [4.78, 5) is 4.51. The molecule has 7 rings (SSSR count). The van der Waals surface area contributed by atoms with Crippen LogP contribution in [0.25, 0.3) is 22.9 Å². The lowest BCUT2D eigenvalue weighted by atomic mass is 10.1. The summed E-state index contributed by atoms with van der Waals surface area (Å²) in [5.41, 5.74) is 9.35. The fourth-order valence-corrected chi connectivity index (χ4v) is 5.36. The van der Waals surface area contributed by atoms with Crippen molar-refractivity contribution in [2.45, 2.75) is 6.92 Å². The highest BCUT2D eigenvalue weighted by molar-refractivity contribution is 5.81. The summed E-state index contributed by atoms with van der Waals surface area (Å²) in [6.45, 7) is 2.05. The molecule has 0 spiro atoms. The van der Waals surface area contributed by atoms with Gasteiger partial charge >= 0.3 is 0 Å². The first-order valence-corrected chi connectivity index (χ1v) is 14.6. The van der Waals surface area contributed by atoms with E-state index in [1.165, 1.54) is 0 Å². The van der Waals surface area contributed by atoms with E-state index in [1.807, 2.05) is 61.5 Å². The van der Waals surface area contributed by atoms with Gasteiger partial charge in [-0.2, -0.15) is 0 Å². The molecule has 0 N–H and O–H groups in total. The van der Waals surface area contributed by atoms with Gasteiger partial charge in [0, 0.05) is 45.3 Å². The molecule has 5 nitrogen and oxygen atoms in total. The van der Waals surface area contributed by atoms with Crippen LogP contribution >= 0.6 is 0 Å². The first kappa shape index (κ1) is 26.9. The lowest BCUT2D eigenvalue weighted by molar-refractivity contribution is 0.584. The Kier molecular flexibility index (Phi) is 7.42. The SMILES string of the molecule is Cc1cccc(-c2nnc(-c3ccc(N(c4ccccc4)c4ccc(N(c5ccccc5)c5ccccc5)cc4)cc3)o2)c1. The fraction of sp³-hybridized carbons (Fsp3) is 0.0256. The number of para-hydroxylation sites is 3. The van der Waals surface area contributed by atoms with Gasteiger partial charge in [-0.1, -0.05) is 72.3 Å². The van der Waals surface area contributed by atoms with Crippen molar-refractivity contribution in [1.29, 1.82) is 0 Å². The fourth-order valence-electron chi connectivity index (χ4n) is 5.36. The summed E-state index contributed by atoms with van der Waals surface area (Å²) < 4.78 is 6.05. The highest BCUT2D eigenvalue weighted by atomic mass is 16.4. The van der Waals surface area contributed by atoms with E-state index in [1.54, 1.807) is 0 Å². The average molecular weight is 571 g/mol. The van der Waals surface area contributed by atoms with E-state index in [4.69, 9.17) is 4.42 Å². The van der Waals surface area contributed by atoms with E-state index in [-0.39, 0.29) is 0 Å². The lowest BCUT2D eigenvalue weighted by Gasteiger charge is -2.28. The van der Waals surface area contributed by atoms with Gasteiger partial charge in [0.05, 0.1) is 0 Å². The molecule has 7 aromatic rings. The zero-order valence-electron chi connectivity index (χ0n) is 24.3. The average Bonchev–Trinajstić information content (AvgIpc) is 3.58. The van der Waals surface area contributed by atoms with Crippen molar-refractivity contribution in [3.05, 3.63) is 169 Å². The number of anilines is 6. The molecule has 0 atom stereocenters. The number of rotatable bonds is 8. The van der Waals surface area contributed by atoms with Crippen molar-refractivity contribution < 1.29 is 4.42 Å². The Morgan fingerprint density at radius 3 is 1.20 bits per heavy atom. The summed E-state index contributed by atoms with van der Waals surface area (Å²) in [5.74, 6) is 1.00. The summed E-state index contributed by atoms with van der Waals surface area (Å²) in [7, 11) is 0. The predicted molar refractivity (Wildman–Crippen MR) is 179 cm³/mol. The van der Waals surface area contributed by atoms with E-state index in [0.717, 1.165) is 50.8 Å². The van der Waals surface area contributed by atoms with Crippen LogP contribution in [0.2, 0.25) is 0 Å². The molecule has 0 amide bonds. The third-order valence-corrected chi connectivity index (χ3v) is 7.47. The van der Waals surface area contributed by atoms with Crippen LogP contribution in [0.3, 0.4) is 0 Å². The monoisotopic (exact) mass is 570 g/mol. The van der Waals surface area contributed by atoms with Crippen molar-refractivity contribution >= 4 is 34.1 Å². The molecule has 212 valence electrons. The molecule has 0 bridgehead atoms. The maximum Gasteiger partial charge on any atom is 0.248 e. The van der Waals surface area contributed by atoms with Crippen LogP contribution in [0, 0.1) is 6.92 Å². The van der Waals surface area contributed by atoms with Crippen molar-refractivity contribution in [3.63, 3.8) is 0 Å². The zero-order chi connectivity index (χ0) is 29.7. The molecule has 5 heteroatoms. The number of aryl methyl sites for hydroxylation is 1. The van der Waals surface area contributed by atoms with Crippen LogP contribution in [-0.2, 0) is 0 Å². The maximum absolute atomic E-state index is 6.05. The van der Waals surface area contributed by atoms with Crippen molar-refractivity contribution in [2.75, 3.05) is 9.80 Å². The molecule has 0 aliphatic heterocycles. The van der Waals surface area contributed by atoms with Gasteiger partial charge in [0.2, 0.25) is 11.8 Å². The number of nitrogens with zero attached hydrogens (tertiary/aromatic N) is 4. The third kappa shape index (κ3) is 5.59. The van der Waals surface area contributed by atoms with Gasteiger partial charge in [-0.15, -0.1) is 10.2 Å². The number of hydrogen-bond donors (Lipinski definition) is 0. The molecule has 1 heterocycles. The van der Waals surface area contributed by atoms with Crippen LogP contribution in [-0.4, -0.2) is 10.2 Å². The highest BCUT2D eigenvalue weighted by Gasteiger charge is 2.17. The Bertz CT molecular complexity index is 1910. The van der Waals surface area contributed by atoms with Crippen molar-refractivity contribution in [3.8, 4) is 22.9 Å². The minimum absolute atomic E-state index is 0.491. The molecule has 0 saturated heterocycles. The molecular weight excluding hydrogens is 540 g/mol. The summed E-state index contributed by atoms with van der Waals surface area (Å²) >= 11 is 0. The second-order valence-corrected chi connectivity index (χ2v) is 10.5. The lowest BCUT2D eigenvalue weighted by Crippen LogP contribution is -2.12. The Morgan fingerprint density at radius 1 is 0.386 bits per heavy atom. The quantitative estimate of drug-likeness (QED) is 0.182. The summed E-state index contributed by atoms with van der Waals surface area (Å²) in [6.07, 6.45) is 0. The normalized spacial score (nSPS) is 10.8. The van der Waals surface area contributed by atoms with Gasteiger partial charge in [0.15, 0.2) is 0 Å². The molecule has 0 radical (unpaired) electrons.